The Bertz CT molecular complexity index is 1260. The van der Waals surface area contributed by atoms with Crippen LogP contribution >= 0.6 is 11.6 Å². The lowest BCUT2D eigenvalue weighted by Gasteiger charge is -2.24. The van der Waals surface area contributed by atoms with Crippen LogP contribution in [-0.2, 0) is 16.0 Å². The number of amides is 2. The number of nitrogens with zero attached hydrogens (tertiary/aromatic N) is 3. The van der Waals surface area contributed by atoms with Gasteiger partial charge >= 0.3 is 5.97 Å². The van der Waals surface area contributed by atoms with Crippen molar-refractivity contribution in [2.75, 3.05) is 6.54 Å². The summed E-state index contributed by atoms with van der Waals surface area (Å²) in [6.07, 6.45) is 1.69. The molecule has 0 bridgehead atoms. The summed E-state index contributed by atoms with van der Waals surface area (Å²) in [5, 5.41) is 28.2. The van der Waals surface area contributed by atoms with Crippen molar-refractivity contribution in [1.29, 1.82) is 0 Å². The van der Waals surface area contributed by atoms with Crippen LogP contribution in [0.2, 0.25) is 5.02 Å². The smallest absolute Gasteiger partial charge is 0.326 e. The Morgan fingerprint density at radius 1 is 1.10 bits per heavy atom. The summed E-state index contributed by atoms with van der Waals surface area (Å²) < 4.78 is 14.3. The van der Waals surface area contributed by atoms with E-state index in [-0.39, 0.29) is 18.7 Å². The summed E-state index contributed by atoms with van der Waals surface area (Å²) in [5.74, 6) is -3.25. The third-order valence-corrected chi connectivity index (χ3v) is 6.24. The SMILES string of the molecule is NCCCC[C@H](N)C(=O)N[C@H](C[C@@H](Cc1ccc(-c2cc(Cl)ccc2F)cc1)NC(=O)c1nn[nH]n1)C(=O)O. The predicted octanol–water partition coefficient (Wildman–Crippen LogP) is 1.42. The van der Waals surface area contributed by atoms with Gasteiger partial charge in [0.1, 0.15) is 11.9 Å². The highest BCUT2D eigenvalue weighted by Gasteiger charge is 2.28. The first-order chi connectivity index (χ1) is 18.7. The number of nitrogens with one attached hydrogen (secondary N) is 3. The molecule has 8 N–H and O–H groups in total. The van der Waals surface area contributed by atoms with Gasteiger partial charge in [-0.1, -0.05) is 42.3 Å². The van der Waals surface area contributed by atoms with Crippen LogP contribution in [0.3, 0.4) is 0 Å². The van der Waals surface area contributed by atoms with Gasteiger partial charge in [0.25, 0.3) is 11.7 Å². The molecule has 12 nitrogen and oxygen atoms in total. The number of aromatic nitrogens is 4. The number of aliphatic carboxylic acids is 1. The molecule has 3 atom stereocenters. The summed E-state index contributed by atoms with van der Waals surface area (Å²) in [6, 6.07) is 8.09. The number of benzene rings is 2. The van der Waals surface area contributed by atoms with Crippen molar-refractivity contribution in [3.05, 3.63) is 64.7 Å². The molecular weight excluding hydrogens is 531 g/mol. The normalized spacial score (nSPS) is 13.3. The number of halogens is 2. The number of unbranched alkanes of at least 4 members (excludes halogenated alkanes) is 1. The maximum Gasteiger partial charge on any atom is 0.326 e. The summed E-state index contributed by atoms with van der Waals surface area (Å²) in [7, 11) is 0. The molecule has 0 spiro atoms. The second-order valence-electron chi connectivity index (χ2n) is 8.96. The predicted molar refractivity (Wildman–Crippen MR) is 141 cm³/mol. The van der Waals surface area contributed by atoms with Crippen LogP contribution < -0.4 is 22.1 Å². The molecule has 2 amide bonds. The fourth-order valence-corrected chi connectivity index (χ4v) is 4.12. The van der Waals surface area contributed by atoms with Gasteiger partial charge in [0.05, 0.1) is 6.04 Å². The number of hydrogen-bond acceptors (Lipinski definition) is 8. The fraction of sp³-hybridized carbons (Fsp3) is 0.360. The first-order valence-electron chi connectivity index (χ1n) is 12.3. The fourth-order valence-electron chi connectivity index (χ4n) is 3.95. The van der Waals surface area contributed by atoms with E-state index in [9.17, 15) is 23.9 Å². The highest BCUT2D eigenvalue weighted by molar-refractivity contribution is 6.30. The average molecular weight is 561 g/mol. The second kappa shape index (κ2) is 14.3. The second-order valence-corrected chi connectivity index (χ2v) is 9.39. The van der Waals surface area contributed by atoms with E-state index in [1.807, 2.05) is 0 Å². The number of nitrogens with two attached hydrogens (primary N) is 2. The number of rotatable bonds is 14. The van der Waals surface area contributed by atoms with Crippen LogP contribution in [0.5, 0.6) is 0 Å². The monoisotopic (exact) mass is 560 g/mol. The van der Waals surface area contributed by atoms with Crippen molar-refractivity contribution in [3.8, 4) is 11.1 Å². The molecule has 2 aromatic carbocycles. The quantitative estimate of drug-likeness (QED) is 0.158. The van der Waals surface area contributed by atoms with E-state index >= 15 is 0 Å². The first kappa shape index (κ1) is 29.6. The van der Waals surface area contributed by atoms with Gasteiger partial charge in [-0.05, 0) is 66.8 Å². The average Bonchev–Trinajstić information content (AvgIpc) is 3.45. The van der Waals surface area contributed by atoms with Crippen molar-refractivity contribution < 1.29 is 23.9 Å². The number of hydrogen-bond donors (Lipinski definition) is 6. The minimum absolute atomic E-state index is 0.162. The minimum Gasteiger partial charge on any atom is -0.480 e. The molecule has 0 unspecified atom stereocenters. The molecule has 3 aromatic rings. The van der Waals surface area contributed by atoms with E-state index < -0.39 is 41.7 Å². The van der Waals surface area contributed by atoms with E-state index in [1.165, 1.54) is 18.2 Å². The number of carboxylic acid groups (broad SMARTS) is 1. The highest BCUT2D eigenvalue weighted by atomic mass is 35.5. The molecule has 0 saturated carbocycles. The summed E-state index contributed by atoms with van der Waals surface area (Å²) in [5.41, 5.74) is 13.0. The number of carbonyl (C=O) groups excluding carboxylic acids is 2. The zero-order valence-electron chi connectivity index (χ0n) is 20.9. The Morgan fingerprint density at radius 3 is 2.49 bits per heavy atom. The number of H-pyrrole nitrogens is 1. The van der Waals surface area contributed by atoms with Crippen molar-refractivity contribution in [1.82, 2.24) is 31.3 Å². The molecule has 0 aliphatic heterocycles. The largest absolute Gasteiger partial charge is 0.480 e. The molecule has 0 saturated heterocycles. The van der Waals surface area contributed by atoms with Gasteiger partial charge < -0.3 is 27.2 Å². The van der Waals surface area contributed by atoms with Gasteiger partial charge in [0.2, 0.25) is 5.91 Å². The lowest BCUT2D eigenvalue weighted by atomic mass is 9.96. The van der Waals surface area contributed by atoms with Gasteiger partial charge in [-0.15, -0.1) is 10.2 Å². The van der Waals surface area contributed by atoms with E-state index in [0.717, 1.165) is 0 Å². The van der Waals surface area contributed by atoms with Crippen LogP contribution in [0, 0.1) is 5.82 Å². The highest BCUT2D eigenvalue weighted by Crippen LogP contribution is 2.26. The minimum atomic E-state index is -1.34. The van der Waals surface area contributed by atoms with Crippen LogP contribution in [0.4, 0.5) is 4.39 Å². The van der Waals surface area contributed by atoms with E-state index in [2.05, 4.69) is 31.3 Å². The zero-order valence-corrected chi connectivity index (χ0v) is 21.7. The van der Waals surface area contributed by atoms with Gasteiger partial charge in [-0.2, -0.15) is 5.21 Å². The molecule has 0 radical (unpaired) electrons. The van der Waals surface area contributed by atoms with Crippen LogP contribution in [0.25, 0.3) is 11.1 Å². The lowest BCUT2D eigenvalue weighted by molar-refractivity contribution is -0.142. The Labute approximate surface area is 228 Å². The molecule has 0 fully saturated rings. The van der Waals surface area contributed by atoms with E-state index in [4.69, 9.17) is 23.1 Å². The Hall–Kier alpha value is -3.94. The van der Waals surface area contributed by atoms with Crippen molar-refractivity contribution in [3.63, 3.8) is 0 Å². The maximum absolute atomic E-state index is 14.3. The molecule has 208 valence electrons. The zero-order chi connectivity index (χ0) is 28.4. The van der Waals surface area contributed by atoms with E-state index in [1.54, 1.807) is 24.3 Å². The van der Waals surface area contributed by atoms with Gasteiger partial charge in [0.15, 0.2) is 0 Å². The van der Waals surface area contributed by atoms with Crippen LogP contribution in [0.15, 0.2) is 42.5 Å². The first-order valence-corrected chi connectivity index (χ1v) is 12.6. The summed E-state index contributed by atoms with van der Waals surface area (Å²) in [4.78, 5) is 37.2. The number of carboxylic acids is 1. The molecule has 0 aliphatic rings. The molecular formula is C25H30ClFN8O4. The third-order valence-electron chi connectivity index (χ3n) is 6.00. The van der Waals surface area contributed by atoms with E-state index in [0.29, 0.717) is 47.5 Å². The maximum atomic E-state index is 14.3. The van der Waals surface area contributed by atoms with Gasteiger partial charge in [0, 0.05) is 16.6 Å². The summed E-state index contributed by atoms with van der Waals surface area (Å²) in [6.45, 7) is 0.461. The van der Waals surface area contributed by atoms with Crippen LogP contribution in [0.1, 0.15) is 41.9 Å². The van der Waals surface area contributed by atoms with Crippen molar-refractivity contribution in [2.45, 2.75) is 50.2 Å². The molecule has 39 heavy (non-hydrogen) atoms. The lowest BCUT2D eigenvalue weighted by Crippen LogP contribution is -2.51. The molecule has 3 rings (SSSR count). The Balaban J connectivity index is 1.76. The standard InChI is InChI=1S/C25H30ClFN8O4/c26-16-8-9-19(27)18(12-16)15-6-4-14(5-7-15)11-17(30-24(37)22-32-34-35-33-22)13-21(25(38)39)31-23(36)20(29)3-1-2-10-28/h4-9,12,17,20-21H,1-3,10-11,13,28-29H2,(H,30,37)(H,31,36)(H,38,39)(H,32,33,34,35)/t17-,20+,21-/m1/s1. The molecule has 14 heteroatoms. The van der Waals surface area contributed by atoms with Crippen LogP contribution in [-0.4, -0.2) is 68.2 Å². The van der Waals surface area contributed by atoms with Gasteiger partial charge in [-0.25, -0.2) is 9.18 Å². The van der Waals surface area contributed by atoms with Crippen molar-refractivity contribution in [2.24, 2.45) is 11.5 Å². The molecule has 1 heterocycles. The van der Waals surface area contributed by atoms with Gasteiger partial charge in [-0.3, -0.25) is 9.59 Å². The molecule has 0 aliphatic carbocycles. The Morgan fingerprint density at radius 2 is 1.85 bits per heavy atom. The number of tetrazole rings is 1. The summed E-state index contributed by atoms with van der Waals surface area (Å²) >= 11 is 6.00. The molecule has 1 aromatic heterocycles. The third kappa shape index (κ3) is 8.80. The van der Waals surface area contributed by atoms with Crippen molar-refractivity contribution >= 4 is 29.4 Å². The number of aromatic amines is 1. The Kier molecular flexibility index (Phi) is 10.8. The number of carbonyl (C=O) groups is 3. The topological polar surface area (TPSA) is 202 Å².